The number of amides is 2. The van der Waals surface area contributed by atoms with Crippen LogP contribution in [0.15, 0.2) is 58.2 Å². The van der Waals surface area contributed by atoms with Crippen LogP contribution in [0.5, 0.6) is 0 Å². The molecule has 1 aromatic heterocycles. The Morgan fingerprint density at radius 3 is 2.69 bits per heavy atom. The number of carbonyl (C=O) groups is 2. The lowest BCUT2D eigenvalue weighted by Gasteiger charge is -2.31. The van der Waals surface area contributed by atoms with Crippen molar-refractivity contribution < 1.29 is 27.5 Å². The van der Waals surface area contributed by atoms with Gasteiger partial charge in [0.2, 0.25) is 5.91 Å². The van der Waals surface area contributed by atoms with Gasteiger partial charge >= 0.3 is 6.18 Å². The van der Waals surface area contributed by atoms with Crippen molar-refractivity contribution in [3.05, 3.63) is 69.9 Å². The van der Waals surface area contributed by atoms with Crippen LogP contribution in [0.25, 0.3) is 0 Å². The number of benzene rings is 2. The predicted molar refractivity (Wildman–Crippen MR) is 133 cm³/mol. The summed E-state index contributed by atoms with van der Waals surface area (Å²) in [5.74, 6) is -0.882. The smallest absolute Gasteiger partial charge is 0.378 e. The number of halogens is 3. The van der Waals surface area contributed by atoms with E-state index in [4.69, 9.17) is 4.74 Å². The van der Waals surface area contributed by atoms with Crippen molar-refractivity contribution in [2.75, 3.05) is 41.8 Å². The van der Waals surface area contributed by atoms with Gasteiger partial charge in [-0.25, -0.2) is 4.99 Å². The second-order valence-electron chi connectivity index (χ2n) is 8.32. The molecule has 0 atom stereocenters. The molecule has 2 aromatic carbocycles. The zero-order chi connectivity index (χ0) is 25.3. The average molecular weight is 515 g/mol. The van der Waals surface area contributed by atoms with E-state index >= 15 is 0 Å². The third kappa shape index (κ3) is 5.12. The van der Waals surface area contributed by atoms with Gasteiger partial charge in [-0.1, -0.05) is 12.1 Å². The second kappa shape index (κ2) is 9.75. The molecule has 186 valence electrons. The Balaban J connectivity index is 1.40. The van der Waals surface area contributed by atoms with Gasteiger partial charge in [0.05, 0.1) is 42.3 Å². The summed E-state index contributed by atoms with van der Waals surface area (Å²) in [6, 6.07) is 10.3. The molecule has 2 aliphatic heterocycles. The number of thiophene rings is 1. The number of morpholine rings is 1. The van der Waals surface area contributed by atoms with Gasteiger partial charge in [-0.3, -0.25) is 9.59 Å². The first-order chi connectivity index (χ1) is 17.3. The molecule has 0 bridgehead atoms. The highest BCUT2D eigenvalue weighted by Crippen LogP contribution is 2.38. The van der Waals surface area contributed by atoms with Crippen LogP contribution in [0, 0.1) is 0 Å². The summed E-state index contributed by atoms with van der Waals surface area (Å²) < 4.78 is 46.8. The lowest BCUT2D eigenvalue weighted by Crippen LogP contribution is -2.37. The van der Waals surface area contributed by atoms with E-state index in [0.29, 0.717) is 54.6 Å². The van der Waals surface area contributed by atoms with Crippen molar-refractivity contribution in [2.24, 2.45) is 4.99 Å². The van der Waals surface area contributed by atoms with E-state index in [1.807, 2.05) is 5.38 Å². The van der Waals surface area contributed by atoms with Crippen LogP contribution in [-0.4, -0.2) is 43.8 Å². The minimum absolute atomic E-state index is 0.0294. The maximum Gasteiger partial charge on any atom is 0.418 e. The first-order valence-electron chi connectivity index (χ1n) is 11.2. The van der Waals surface area contributed by atoms with Crippen molar-refractivity contribution in [1.29, 1.82) is 0 Å². The van der Waals surface area contributed by atoms with E-state index < -0.39 is 17.6 Å². The molecule has 0 unspecified atom stereocenters. The number of nitrogens with one attached hydrogen (secondary N) is 2. The number of rotatable bonds is 4. The number of hydrogen-bond donors (Lipinski definition) is 2. The molecule has 1 saturated heterocycles. The zero-order valence-electron chi connectivity index (χ0n) is 18.9. The van der Waals surface area contributed by atoms with Crippen LogP contribution in [0.2, 0.25) is 0 Å². The van der Waals surface area contributed by atoms with Gasteiger partial charge in [-0.2, -0.15) is 13.2 Å². The van der Waals surface area contributed by atoms with E-state index in [1.165, 1.54) is 23.5 Å². The molecule has 0 spiro atoms. The van der Waals surface area contributed by atoms with E-state index in [0.717, 1.165) is 6.07 Å². The quantitative estimate of drug-likeness (QED) is 0.494. The number of ether oxygens (including phenoxy) is 1. The average Bonchev–Trinajstić information content (AvgIpc) is 3.22. The highest BCUT2D eigenvalue weighted by molar-refractivity contribution is 7.09. The molecule has 2 N–H and O–H groups in total. The van der Waals surface area contributed by atoms with Gasteiger partial charge in [0.25, 0.3) is 5.91 Å². The van der Waals surface area contributed by atoms with Crippen molar-refractivity contribution in [3.8, 4) is 0 Å². The van der Waals surface area contributed by atoms with Gasteiger partial charge in [-0.05, 0) is 35.9 Å². The number of carbonyl (C=O) groups excluding carboxylic acids is 2. The number of nitrogens with zero attached hydrogens (tertiary/aromatic N) is 2. The SMILES string of the molecule is O=C1CC(c2cccc(NC(=O)c3ccc(N4CCOCC4)c(C(F)(F)F)c3)c2)=Nc2cscc2N1. The Hall–Kier alpha value is -3.70. The molecule has 1 fully saturated rings. The molecule has 3 heterocycles. The molecule has 36 heavy (non-hydrogen) atoms. The van der Waals surface area contributed by atoms with Gasteiger partial charge in [0.1, 0.15) is 0 Å². The van der Waals surface area contributed by atoms with Crippen LogP contribution >= 0.6 is 11.3 Å². The summed E-state index contributed by atoms with van der Waals surface area (Å²) in [5, 5.41) is 9.09. The van der Waals surface area contributed by atoms with Gasteiger partial charge in [0, 0.05) is 40.8 Å². The van der Waals surface area contributed by atoms with E-state index in [-0.39, 0.29) is 23.6 Å². The number of fused-ring (bicyclic) bond motifs is 1. The standard InChI is InChI=1S/C25H21F3N4O3S/c26-25(27,28)18-11-16(4-5-22(18)32-6-8-35-9-7-32)24(34)29-17-3-1-2-15(10-17)19-12-23(33)31-21-14-36-13-20(21)30-19/h1-5,10-11,13-14H,6-9,12H2,(H,29,34)(H,31,33). The Labute approximate surface area is 208 Å². The number of aliphatic imine (C=N–C) groups is 1. The minimum atomic E-state index is -4.62. The molecule has 2 aliphatic rings. The third-order valence-corrected chi connectivity index (χ3v) is 6.60. The Morgan fingerprint density at radius 2 is 1.92 bits per heavy atom. The normalized spacial score (nSPS) is 16.0. The summed E-state index contributed by atoms with van der Waals surface area (Å²) >= 11 is 1.42. The van der Waals surface area contributed by atoms with Crippen LogP contribution in [0.1, 0.15) is 27.9 Å². The Morgan fingerprint density at radius 1 is 1.11 bits per heavy atom. The lowest BCUT2D eigenvalue weighted by atomic mass is 10.0. The summed E-state index contributed by atoms with van der Waals surface area (Å²) in [6.07, 6.45) is -4.57. The summed E-state index contributed by atoms with van der Waals surface area (Å²) in [6.45, 7) is 1.37. The minimum Gasteiger partial charge on any atom is -0.378 e. The van der Waals surface area contributed by atoms with Crippen molar-refractivity contribution in [1.82, 2.24) is 0 Å². The molecule has 5 rings (SSSR count). The molecule has 2 amide bonds. The Kier molecular flexibility index (Phi) is 6.50. The van der Waals surface area contributed by atoms with E-state index in [9.17, 15) is 22.8 Å². The first-order valence-corrected chi connectivity index (χ1v) is 12.1. The molecular formula is C25H21F3N4O3S. The van der Waals surface area contributed by atoms with Gasteiger partial charge in [-0.15, -0.1) is 11.3 Å². The highest BCUT2D eigenvalue weighted by Gasteiger charge is 2.36. The summed E-state index contributed by atoms with van der Waals surface area (Å²) in [7, 11) is 0. The number of alkyl halides is 3. The fraction of sp³-hybridized carbons (Fsp3) is 0.240. The largest absolute Gasteiger partial charge is 0.418 e. The third-order valence-electron chi connectivity index (χ3n) is 5.87. The van der Waals surface area contributed by atoms with Crippen molar-refractivity contribution in [2.45, 2.75) is 12.6 Å². The maximum absolute atomic E-state index is 13.8. The maximum atomic E-state index is 13.8. The summed E-state index contributed by atoms with van der Waals surface area (Å²) in [5.41, 5.74) is 1.87. The molecule has 7 nitrogen and oxygen atoms in total. The van der Waals surface area contributed by atoms with E-state index in [2.05, 4.69) is 15.6 Å². The monoisotopic (exact) mass is 514 g/mol. The van der Waals surface area contributed by atoms with Crippen LogP contribution in [0.4, 0.5) is 35.9 Å². The molecule has 0 radical (unpaired) electrons. The number of anilines is 3. The molecule has 0 saturated carbocycles. The Bertz CT molecular complexity index is 1350. The zero-order valence-corrected chi connectivity index (χ0v) is 19.7. The molecular weight excluding hydrogens is 493 g/mol. The molecule has 0 aliphatic carbocycles. The van der Waals surface area contributed by atoms with Crippen LogP contribution in [-0.2, 0) is 15.7 Å². The van der Waals surface area contributed by atoms with Crippen molar-refractivity contribution in [3.63, 3.8) is 0 Å². The van der Waals surface area contributed by atoms with Crippen LogP contribution < -0.4 is 15.5 Å². The van der Waals surface area contributed by atoms with Gasteiger partial charge < -0.3 is 20.3 Å². The predicted octanol–water partition coefficient (Wildman–Crippen LogP) is 5.32. The highest BCUT2D eigenvalue weighted by atomic mass is 32.1. The topological polar surface area (TPSA) is 83.0 Å². The summed E-state index contributed by atoms with van der Waals surface area (Å²) in [4.78, 5) is 31.4. The fourth-order valence-electron chi connectivity index (χ4n) is 4.13. The second-order valence-corrected chi connectivity index (χ2v) is 9.06. The fourth-order valence-corrected chi connectivity index (χ4v) is 4.82. The van der Waals surface area contributed by atoms with Crippen molar-refractivity contribution >= 4 is 51.6 Å². The van der Waals surface area contributed by atoms with E-state index in [1.54, 1.807) is 34.5 Å². The molecule has 11 heteroatoms. The number of hydrogen-bond acceptors (Lipinski definition) is 6. The lowest BCUT2D eigenvalue weighted by molar-refractivity contribution is -0.137. The van der Waals surface area contributed by atoms with Gasteiger partial charge in [0.15, 0.2) is 0 Å². The van der Waals surface area contributed by atoms with Crippen LogP contribution in [0.3, 0.4) is 0 Å². The molecule has 3 aromatic rings. The first kappa shape index (κ1) is 24.0.